The second-order valence-electron chi connectivity index (χ2n) is 3.41. The van der Waals surface area contributed by atoms with E-state index < -0.39 is 0 Å². The van der Waals surface area contributed by atoms with Crippen LogP contribution in [-0.4, -0.2) is 16.1 Å². The Morgan fingerprint density at radius 3 is 2.75 bits per heavy atom. The first-order chi connectivity index (χ1) is 7.45. The van der Waals surface area contributed by atoms with Crippen LogP contribution in [0.5, 0.6) is 0 Å². The molecule has 0 spiro atoms. The predicted molar refractivity (Wildman–Crippen MR) is 71.6 cm³/mol. The van der Waals surface area contributed by atoms with Crippen molar-refractivity contribution in [3.63, 3.8) is 0 Å². The zero-order chi connectivity index (χ0) is 12.3. The van der Waals surface area contributed by atoms with Gasteiger partial charge in [-0.25, -0.2) is 0 Å². The van der Waals surface area contributed by atoms with E-state index in [2.05, 4.69) is 15.9 Å². The molecule has 0 radical (unpaired) electrons. The second kappa shape index (κ2) is 5.89. The van der Waals surface area contributed by atoms with Crippen molar-refractivity contribution >= 4 is 45.0 Å². The van der Waals surface area contributed by atoms with Gasteiger partial charge in [-0.3, -0.25) is 10.1 Å². The number of aryl methyl sites for hydroxylation is 1. The van der Waals surface area contributed by atoms with Crippen LogP contribution in [0, 0.1) is 17.0 Å². The fraction of sp³-hybridized carbons (Fsp3) is 0.400. The number of benzene rings is 1. The quantitative estimate of drug-likeness (QED) is 0.357. The molecule has 0 amide bonds. The van der Waals surface area contributed by atoms with Crippen LogP contribution in [-0.2, 0) is 0 Å². The number of rotatable bonds is 4. The Kier molecular flexibility index (Phi) is 5.08. The average molecular weight is 325 g/mol. The van der Waals surface area contributed by atoms with Crippen LogP contribution in [0.25, 0.3) is 0 Å². The topological polar surface area (TPSA) is 43.1 Å². The maximum Gasteiger partial charge on any atom is 0.273 e. The molecule has 0 fully saturated rings. The summed E-state index contributed by atoms with van der Waals surface area (Å²) in [4.78, 5) is 11.3. The Bertz CT molecular complexity index is 414. The lowest BCUT2D eigenvalue weighted by molar-refractivity contribution is -0.385. The summed E-state index contributed by atoms with van der Waals surface area (Å²) in [6.07, 6.45) is 0. The lowest BCUT2D eigenvalue weighted by Gasteiger charge is -2.10. The van der Waals surface area contributed by atoms with Gasteiger partial charge in [0.2, 0.25) is 0 Å². The average Bonchev–Trinajstić information content (AvgIpc) is 2.22. The van der Waals surface area contributed by atoms with E-state index in [0.717, 1.165) is 9.37 Å². The summed E-state index contributed by atoms with van der Waals surface area (Å²) in [5.41, 5.74) is 0.798. The molecule has 1 rings (SSSR count). The Balaban J connectivity index is 3.05. The third-order valence-electron chi connectivity index (χ3n) is 1.99. The Morgan fingerprint density at radius 2 is 2.25 bits per heavy atom. The van der Waals surface area contributed by atoms with Gasteiger partial charge in [0.15, 0.2) is 0 Å². The van der Waals surface area contributed by atoms with Gasteiger partial charge in [0.05, 0.1) is 4.92 Å². The minimum Gasteiger partial charge on any atom is -0.258 e. The molecule has 0 N–H and O–H groups in total. The summed E-state index contributed by atoms with van der Waals surface area (Å²) in [7, 11) is 0. The highest BCUT2D eigenvalue weighted by molar-refractivity contribution is 9.10. The second-order valence-corrected chi connectivity index (χ2v) is 6.05. The third kappa shape index (κ3) is 3.37. The molecule has 0 aliphatic heterocycles. The molecule has 0 aliphatic carbocycles. The van der Waals surface area contributed by atoms with Crippen molar-refractivity contribution in [1.29, 1.82) is 0 Å². The number of nitro benzene ring substituents is 1. The van der Waals surface area contributed by atoms with E-state index in [0.29, 0.717) is 11.4 Å². The number of nitro groups is 1. The molecule has 0 aromatic heterocycles. The first-order valence-electron chi connectivity index (χ1n) is 4.63. The highest BCUT2D eigenvalue weighted by atomic mass is 79.9. The Morgan fingerprint density at radius 1 is 1.62 bits per heavy atom. The number of nitrogens with zero attached hydrogens (tertiary/aromatic N) is 1. The predicted octanol–water partition coefficient (Wildman–Crippen LogP) is 4.39. The van der Waals surface area contributed by atoms with Gasteiger partial charge in [-0.15, -0.1) is 23.4 Å². The van der Waals surface area contributed by atoms with Crippen LogP contribution >= 0.6 is 39.3 Å². The Labute approximate surface area is 112 Å². The van der Waals surface area contributed by atoms with Gasteiger partial charge in [-0.1, -0.05) is 6.92 Å². The smallest absolute Gasteiger partial charge is 0.258 e. The van der Waals surface area contributed by atoms with Crippen LogP contribution in [0.3, 0.4) is 0 Å². The molecule has 16 heavy (non-hydrogen) atoms. The van der Waals surface area contributed by atoms with E-state index in [1.54, 1.807) is 24.8 Å². The van der Waals surface area contributed by atoms with E-state index in [1.807, 2.05) is 13.0 Å². The van der Waals surface area contributed by atoms with Crippen LogP contribution in [0.15, 0.2) is 21.5 Å². The number of hydrogen-bond donors (Lipinski definition) is 0. The van der Waals surface area contributed by atoms with Gasteiger partial charge >= 0.3 is 0 Å². The van der Waals surface area contributed by atoms with Crippen molar-refractivity contribution in [1.82, 2.24) is 0 Å². The fourth-order valence-corrected chi connectivity index (χ4v) is 2.89. The van der Waals surface area contributed by atoms with Crippen LogP contribution in [0.1, 0.15) is 12.5 Å². The highest BCUT2D eigenvalue weighted by Crippen LogP contribution is 2.35. The molecule has 1 atom stereocenters. The molecule has 1 aromatic rings. The highest BCUT2D eigenvalue weighted by Gasteiger charge is 2.15. The summed E-state index contributed by atoms with van der Waals surface area (Å²) in [6.45, 7) is 3.75. The van der Waals surface area contributed by atoms with Gasteiger partial charge in [0.25, 0.3) is 5.69 Å². The minimum atomic E-state index is -0.375. The molecule has 0 aliphatic rings. The first-order valence-corrected chi connectivity index (χ1v) is 6.83. The fourth-order valence-electron chi connectivity index (χ4n) is 1.18. The molecular formula is C10H11BrClNO2S. The normalized spacial score (nSPS) is 12.5. The molecule has 1 aromatic carbocycles. The van der Waals surface area contributed by atoms with Crippen molar-refractivity contribution in [2.24, 2.45) is 0 Å². The molecule has 88 valence electrons. The van der Waals surface area contributed by atoms with Crippen LogP contribution in [0.4, 0.5) is 5.69 Å². The molecule has 0 saturated heterocycles. The SMILES string of the molecule is Cc1cc(SC(C)CCl)c(Br)cc1[N+](=O)[O-]. The third-order valence-corrected chi connectivity index (χ3v) is 4.72. The van der Waals surface area contributed by atoms with Crippen molar-refractivity contribution < 1.29 is 4.92 Å². The molecule has 0 saturated carbocycles. The maximum atomic E-state index is 10.7. The monoisotopic (exact) mass is 323 g/mol. The molecule has 0 heterocycles. The van der Waals surface area contributed by atoms with Crippen molar-refractivity contribution in [2.45, 2.75) is 24.0 Å². The number of alkyl halides is 1. The number of halogens is 2. The standard InChI is InChI=1S/C10H11BrClNO2S/c1-6-3-10(16-7(2)5-12)8(11)4-9(6)13(14)15/h3-4,7H,5H2,1-2H3. The minimum absolute atomic E-state index is 0.134. The van der Waals surface area contributed by atoms with Gasteiger partial charge in [-0.05, 0) is 28.9 Å². The zero-order valence-electron chi connectivity index (χ0n) is 8.87. The Hall–Kier alpha value is -0.260. The van der Waals surface area contributed by atoms with Gasteiger partial charge in [0.1, 0.15) is 0 Å². The summed E-state index contributed by atoms with van der Waals surface area (Å²) in [6, 6.07) is 3.36. The molecule has 3 nitrogen and oxygen atoms in total. The van der Waals surface area contributed by atoms with E-state index in [1.165, 1.54) is 0 Å². The van der Waals surface area contributed by atoms with Crippen LogP contribution in [0.2, 0.25) is 0 Å². The summed E-state index contributed by atoms with van der Waals surface area (Å²) >= 11 is 10.7. The molecule has 1 unspecified atom stereocenters. The van der Waals surface area contributed by atoms with Gasteiger partial charge < -0.3 is 0 Å². The number of thioether (sulfide) groups is 1. The number of hydrogen-bond acceptors (Lipinski definition) is 3. The van der Waals surface area contributed by atoms with Gasteiger partial charge in [0, 0.05) is 32.1 Å². The lowest BCUT2D eigenvalue weighted by Crippen LogP contribution is -1.98. The maximum absolute atomic E-state index is 10.7. The van der Waals surface area contributed by atoms with Crippen molar-refractivity contribution in [2.75, 3.05) is 5.88 Å². The first kappa shape index (κ1) is 13.8. The van der Waals surface area contributed by atoms with E-state index in [4.69, 9.17) is 11.6 Å². The van der Waals surface area contributed by atoms with E-state index in [9.17, 15) is 10.1 Å². The molecular weight excluding hydrogens is 314 g/mol. The summed E-state index contributed by atoms with van der Waals surface area (Å²) < 4.78 is 0.742. The zero-order valence-corrected chi connectivity index (χ0v) is 12.0. The van der Waals surface area contributed by atoms with Crippen molar-refractivity contribution in [3.05, 3.63) is 32.3 Å². The van der Waals surface area contributed by atoms with E-state index >= 15 is 0 Å². The summed E-state index contributed by atoms with van der Waals surface area (Å²) in [5.74, 6) is 0.549. The summed E-state index contributed by atoms with van der Waals surface area (Å²) in [5, 5.41) is 11.0. The van der Waals surface area contributed by atoms with E-state index in [-0.39, 0.29) is 15.9 Å². The van der Waals surface area contributed by atoms with Crippen LogP contribution < -0.4 is 0 Å². The molecule has 0 bridgehead atoms. The largest absolute Gasteiger partial charge is 0.273 e. The van der Waals surface area contributed by atoms with Crippen molar-refractivity contribution in [3.8, 4) is 0 Å². The lowest BCUT2D eigenvalue weighted by atomic mass is 10.2. The van der Waals surface area contributed by atoms with Gasteiger partial charge in [-0.2, -0.15) is 0 Å². The molecule has 6 heteroatoms.